The fraction of sp³-hybridized carbons (Fsp3) is 0.364. The number of aryl methyl sites for hydroxylation is 3. The van der Waals surface area contributed by atoms with Gasteiger partial charge >= 0.3 is 6.09 Å². The van der Waals surface area contributed by atoms with Crippen molar-refractivity contribution < 1.29 is 27.8 Å². The first-order valence-electron chi connectivity index (χ1n) is 14.1. The van der Waals surface area contributed by atoms with Crippen LogP contribution < -0.4 is 9.64 Å². The van der Waals surface area contributed by atoms with Crippen molar-refractivity contribution >= 4 is 23.1 Å². The maximum absolute atomic E-state index is 14.2. The molecule has 1 amide bonds. The first kappa shape index (κ1) is 29.2. The fourth-order valence-electron chi connectivity index (χ4n) is 5.48. The summed E-state index contributed by atoms with van der Waals surface area (Å²) in [6.45, 7) is 8.77. The number of aromatic nitrogens is 2. The summed E-state index contributed by atoms with van der Waals surface area (Å²) in [6, 6.07) is 14.8. The monoisotopic (exact) mass is 575 g/mol. The molecule has 4 aromatic rings. The van der Waals surface area contributed by atoms with Crippen molar-refractivity contribution in [1.29, 1.82) is 0 Å². The van der Waals surface area contributed by atoms with E-state index in [0.717, 1.165) is 23.2 Å². The standard InChI is InChI=1S/C33H35F2N3O4/c1-20-17-28-31(21(2)36-38(28)30(18-20)41-19-24-25(34)10-8-11-26(24)35)29(39)16-15-23-14-13-22-9-6-7-12-27(22)37(23)32(40)42-33(3,4)5/h6-12,17-18,23H,13-16,19H2,1-5H3. The predicted molar refractivity (Wildman–Crippen MR) is 156 cm³/mol. The first-order valence-corrected chi connectivity index (χ1v) is 14.1. The molecule has 0 radical (unpaired) electrons. The molecule has 0 aliphatic carbocycles. The second-order valence-electron chi connectivity index (χ2n) is 11.8. The van der Waals surface area contributed by atoms with Gasteiger partial charge < -0.3 is 9.47 Å². The summed E-state index contributed by atoms with van der Waals surface area (Å²) >= 11 is 0. The van der Waals surface area contributed by atoms with Crippen LogP contribution in [0.4, 0.5) is 19.3 Å². The number of carbonyl (C=O) groups is 2. The minimum Gasteiger partial charge on any atom is -0.473 e. The van der Waals surface area contributed by atoms with E-state index in [4.69, 9.17) is 9.47 Å². The van der Waals surface area contributed by atoms with Crippen molar-refractivity contribution in [3.05, 3.63) is 94.2 Å². The largest absolute Gasteiger partial charge is 0.473 e. The first-order chi connectivity index (χ1) is 19.9. The Bertz CT molecular complexity index is 1640. The molecule has 5 rings (SSSR count). The number of para-hydroxylation sites is 1. The Hall–Kier alpha value is -4.27. The van der Waals surface area contributed by atoms with Gasteiger partial charge in [-0.3, -0.25) is 9.69 Å². The Morgan fingerprint density at radius 2 is 1.74 bits per heavy atom. The van der Waals surface area contributed by atoms with Crippen molar-refractivity contribution in [3.8, 4) is 5.88 Å². The second kappa shape index (κ2) is 11.5. The van der Waals surface area contributed by atoms with Gasteiger partial charge in [-0.1, -0.05) is 24.3 Å². The molecule has 0 saturated heterocycles. The molecule has 0 fully saturated rings. The van der Waals surface area contributed by atoms with E-state index >= 15 is 0 Å². The summed E-state index contributed by atoms with van der Waals surface area (Å²) in [5.41, 5.74) is 3.38. The average Bonchev–Trinajstić information content (AvgIpc) is 3.25. The number of pyridine rings is 1. The van der Waals surface area contributed by atoms with Crippen LogP contribution in [0.15, 0.2) is 54.6 Å². The highest BCUT2D eigenvalue weighted by molar-refractivity contribution is 6.03. The van der Waals surface area contributed by atoms with Crippen LogP contribution in [0.5, 0.6) is 5.88 Å². The zero-order valence-electron chi connectivity index (χ0n) is 24.5. The van der Waals surface area contributed by atoms with Crippen LogP contribution >= 0.6 is 0 Å². The van der Waals surface area contributed by atoms with Gasteiger partial charge in [-0.25, -0.2) is 18.1 Å². The summed E-state index contributed by atoms with van der Waals surface area (Å²) in [6.07, 6.45) is 1.72. The molecule has 0 spiro atoms. The van der Waals surface area contributed by atoms with Gasteiger partial charge in [0, 0.05) is 18.5 Å². The van der Waals surface area contributed by atoms with E-state index in [0.29, 0.717) is 29.6 Å². The van der Waals surface area contributed by atoms with Crippen molar-refractivity contribution in [2.24, 2.45) is 0 Å². The van der Waals surface area contributed by atoms with Crippen LogP contribution in [-0.2, 0) is 17.8 Å². The third kappa shape index (κ3) is 6.00. The second-order valence-corrected chi connectivity index (χ2v) is 11.8. The third-order valence-corrected chi connectivity index (χ3v) is 7.38. The van der Waals surface area contributed by atoms with Crippen LogP contribution in [-0.4, -0.2) is 33.1 Å². The zero-order chi connectivity index (χ0) is 30.2. The molecule has 1 atom stereocenters. The molecule has 1 aliphatic heterocycles. The van der Waals surface area contributed by atoms with Gasteiger partial charge in [-0.05, 0) is 89.3 Å². The fourth-order valence-corrected chi connectivity index (χ4v) is 5.48. The molecule has 3 heterocycles. The van der Waals surface area contributed by atoms with Gasteiger partial charge in [0.2, 0.25) is 5.88 Å². The number of hydrogen-bond donors (Lipinski definition) is 0. The van der Waals surface area contributed by atoms with Gasteiger partial charge in [0.15, 0.2) is 5.78 Å². The topological polar surface area (TPSA) is 73.1 Å². The molecule has 1 unspecified atom stereocenters. The predicted octanol–water partition coefficient (Wildman–Crippen LogP) is 7.53. The quantitative estimate of drug-likeness (QED) is 0.213. The highest BCUT2D eigenvalue weighted by Gasteiger charge is 2.34. The number of hydrogen-bond acceptors (Lipinski definition) is 5. The minimum atomic E-state index is -0.697. The van der Waals surface area contributed by atoms with Crippen LogP contribution in [0, 0.1) is 25.5 Å². The molecule has 0 N–H and O–H groups in total. The van der Waals surface area contributed by atoms with Crippen LogP contribution in [0.2, 0.25) is 0 Å². The molecular formula is C33H35F2N3O4. The number of ether oxygens (including phenoxy) is 2. The summed E-state index contributed by atoms with van der Waals surface area (Å²) in [7, 11) is 0. The molecule has 0 bridgehead atoms. The number of nitrogens with zero attached hydrogens (tertiary/aromatic N) is 3. The Morgan fingerprint density at radius 3 is 2.45 bits per heavy atom. The van der Waals surface area contributed by atoms with E-state index in [2.05, 4.69) is 5.10 Å². The SMILES string of the molecule is Cc1cc(OCc2c(F)cccc2F)n2nc(C)c(C(=O)CCC3CCc4ccccc4N3C(=O)OC(C)(C)C)c2c1. The van der Waals surface area contributed by atoms with Crippen LogP contribution in [0.1, 0.15) is 72.8 Å². The maximum atomic E-state index is 14.2. The number of fused-ring (bicyclic) bond motifs is 2. The lowest BCUT2D eigenvalue weighted by Gasteiger charge is -2.38. The van der Waals surface area contributed by atoms with Crippen molar-refractivity contribution in [2.45, 2.75) is 78.6 Å². The van der Waals surface area contributed by atoms with Crippen molar-refractivity contribution in [1.82, 2.24) is 9.61 Å². The molecule has 7 nitrogen and oxygen atoms in total. The zero-order valence-corrected chi connectivity index (χ0v) is 24.5. The number of amides is 1. The number of ketones is 1. The van der Waals surface area contributed by atoms with Gasteiger partial charge in [-0.15, -0.1) is 0 Å². The molecule has 0 saturated carbocycles. The summed E-state index contributed by atoms with van der Waals surface area (Å²) in [5.74, 6) is -1.23. The number of halogens is 2. The van der Waals surface area contributed by atoms with E-state index in [-0.39, 0.29) is 36.3 Å². The van der Waals surface area contributed by atoms with Crippen LogP contribution in [0.3, 0.4) is 0 Å². The minimum absolute atomic E-state index is 0.109. The number of anilines is 1. The van der Waals surface area contributed by atoms with E-state index in [9.17, 15) is 18.4 Å². The Balaban J connectivity index is 1.38. The average molecular weight is 576 g/mol. The molecule has 42 heavy (non-hydrogen) atoms. The molecule has 2 aromatic heterocycles. The lowest BCUT2D eigenvalue weighted by atomic mass is 9.92. The van der Waals surface area contributed by atoms with Gasteiger partial charge in [0.1, 0.15) is 23.8 Å². The number of carbonyl (C=O) groups excluding carboxylic acids is 2. The van der Waals surface area contributed by atoms with Crippen molar-refractivity contribution in [2.75, 3.05) is 4.90 Å². The Labute approximate surface area is 244 Å². The summed E-state index contributed by atoms with van der Waals surface area (Å²) < 4.78 is 41.4. The number of rotatable bonds is 7. The van der Waals surface area contributed by atoms with E-state index in [1.54, 1.807) is 17.9 Å². The molecular weight excluding hydrogens is 540 g/mol. The molecule has 1 aliphatic rings. The lowest BCUT2D eigenvalue weighted by Crippen LogP contribution is -2.46. The highest BCUT2D eigenvalue weighted by atomic mass is 19.1. The van der Waals surface area contributed by atoms with Gasteiger partial charge in [0.05, 0.1) is 28.0 Å². The van der Waals surface area contributed by atoms with E-state index in [1.165, 1.54) is 22.7 Å². The molecule has 2 aromatic carbocycles. The molecule has 220 valence electrons. The maximum Gasteiger partial charge on any atom is 0.415 e. The van der Waals surface area contributed by atoms with Crippen molar-refractivity contribution in [3.63, 3.8) is 0 Å². The molecule has 9 heteroatoms. The highest BCUT2D eigenvalue weighted by Crippen LogP contribution is 2.34. The Morgan fingerprint density at radius 1 is 1.02 bits per heavy atom. The van der Waals surface area contributed by atoms with E-state index in [1.807, 2.05) is 58.0 Å². The van der Waals surface area contributed by atoms with E-state index < -0.39 is 23.3 Å². The number of benzene rings is 2. The summed E-state index contributed by atoms with van der Waals surface area (Å²) in [4.78, 5) is 28.7. The normalized spacial score (nSPS) is 15.0. The smallest absolute Gasteiger partial charge is 0.415 e. The number of Topliss-reactive ketones (excluding diaryl/α,β-unsaturated/α-hetero) is 1. The van der Waals surface area contributed by atoms with Gasteiger partial charge in [-0.2, -0.15) is 5.10 Å². The third-order valence-electron chi connectivity index (χ3n) is 7.38. The van der Waals surface area contributed by atoms with Gasteiger partial charge in [0.25, 0.3) is 0 Å². The summed E-state index contributed by atoms with van der Waals surface area (Å²) in [5, 5.41) is 4.54. The van der Waals surface area contributed by atoms with Crippen LogP contribution in [0.25, 0.3) is 5.52 Å². The lowest BCUT2D eigenvalue weighted by molar-refractivity contribution is 0.0556. The Kier molecular flexibility index (Phi) is 8.03.